The van der Waals surface area contributed by atoms with E-state index in [0.29, 0.717) is 53.6 Å². The molecule has 0 bridgehead atoms. The number of fused-ring (bicyclic) bond motifs is 1. The SMILES string of the molecule is COC(=O)C1=C(C2C[C@@H]3CN(S(C)(=O)=O)C[C@@H]3C2)NC(c2nccs2)=N[C@H]1c1ccc(F)cc1Cl. The van der Waals surface area contributed by atoms with Crippen LogP contribution < -0.4 is 5.32 Å². The summed E-state index contributed by atoms with van der Waals surface area (Å²) in [4.78, 5) is 22.3. The van der Waals surface area contributed by atoms with E-state index in [9.17, 15) is 17.6 Å². The van der Waals surface area contributed by atoms with E-state index in [1.807, 2.05) is 5.38 Å². The van der Waals surface area contributed by atoms with Crippen molar-refractivity contribution >= 4 is 44.8 Å². The molecule has 0 spiro atoms. The molecule has 1 saturated heterocycles. The van der Waals surface area contributed by atoms with Crippen molar-refractivity contribution in [3.8, 4) is 0 Å². The number of carbonyl (C=O) groups excluding carboxylic acids is 1. The third-order valence-electron chi connectivity index (χ3n) is 6.97. The van der Waals surface area contributed by atoms with Gasteiger partial charge in [0.25, 0.3) is 0 Å². The van der Waals surface area contributed by atoms with E-state index in [-0.39, 0.29) is 22.8 Å². The fraction of sp³-hybridized carbons (Fsp3) is 0.435. The number of carbonyl (C=O) groups is 1. The minimum Gasteiger partial charge on any atom is -0.466 e. The van der Waals surface area contributed by atoms with Crippen molar-refractivity contribution in [2.24, 2.45) is 22.7 Å². The molecule has 1 unspecified atom stereocenters. The number of nitrogens with one attached hydrogen (secondary N) is 1. The first kappa shape index (κ1) is 24.4. The Morgan fingerprint density at radius 2 is 2.00 bits per heavy atom. The molecular weight excluding hydrogens is 515 g/mol. The predicted octanol–water partition coefficient (Wildman–Crippen LogP) is 3.37. The molecule has 5 rings (SSSR count). The third-order valence-corrected chi connectivity index (χ3v) is 9.31. The van der Waals surface area contributed by atoms with Gasteiger partial charge in [0.1, 0.15) is 11.9 Å². The number of halogens is 2. The summed E-state index contributed by atoms with van der Waals surface area (Å²) in [5.74, 6) is -0.180. The smallest absolute Gasteiger partial charge is 0.338 e. The van der Waals surface area contributed by atoms with Gasteiger partial charge >= 0.3 is 5.97 Å². The Morgan fingerprint density at radius 3 is 2.57 bits per heavy atom. The zero-order valence-corrected chi connectivity index (χ0v) is 21.5. The van der Waals surface area contributed by atoms with Crippen molar-refractivity contribution in [3.63, 3.8) is 0 Å². The minimum atomic E-state index is -3.25. The summed E-state index contributed by atoms with van der Waals surface area (Å²) in [5.41, 5.74) is 1.50. The molecular formula is C23H24ClFN4O4S2. The van der Waals surface area contributed by atoms with Gasteiger partial charge in [-0.3, -0.25) is 4.99 Å². The van der Waals surface area contributed by atoms with Crippen LogP contribution in [0.15, 0.2) is 46.0 Å². The van der Waals surface area contributed by atoms with Gasteiger partial charge in [-0.25, -0.2) is 26.9 Å². The fourth-order valence-corrected chi connectivity index (χ4v) is 7.17. The minimum absolute atomic E-state index is 0.0343. The number of rotatable bonds is 5. The molecule has 8 nitrogen and oxygen atoms in total. The normalized spacial score (nSPS) is 26.9. The van der Waals surface area contributed by atoms with Crippen LogP contribution in [0.3, 0.4) is 0 Å². The molecule has 1 N–H and O–H groups in total. The number of sulfonamides is 1. The lowest BCUT2D eigenvalue weighted by atomic mass is 9.89. The van der Waals surface area contributed by atoms with Crippen LogP contribution in [0.1, 0.15) is 29.5 Å². The van der Waals surface area contributed by atoms with E-state index in [1.54, 1.807) is 6.20 Å². The lowest BCUT2D eigenvalue weighted by Crippen LogP contribution is -2.37. The number of amidine groups is 1. The van der Waals surface area contributed by atoms with Crippen molar-refractivity contribution in [1.29, 1.82) is 0 Å². The first-order valence-corrected chi connectivity index (χ1v) is 14.2. The van der Waals surface area contributed by atoms with Crippen LogP contribution in [0.25, 0.3) is 0 Å². The first-order chi connectivity index (χ1) is 16.7. The lowest BCUT2D eigenvalue weighted by Gasteiger charge is -2.30. The number of hydrogen-bond donors (Lipinski definition) is 1. The van der Waals surface area contributed by atoms with Crippen LogP contribution in [-0.4, -0.2) is 56.0 Å². The summed E-state index contributed by atoms with van der Waals surface area (Å²) in [7, 11) is -1.94. The van der Waals surface area contributed by atoms with Crippen LogP contribution in [0.2, 0.25) is 5.02 Å². The number of esters is 1. The van der Waals surface area contributed by atoms with E-state index >= 15 is 0 Å². The second-order valence-electron chi connectivity index (χ2n) is 9.10. The van der Waals surface area contributed by atoms with Crippen molar-refractivity contribution in [2.75, 3.05) is 26.5 Å². The molecule has 35 heavy (non-hydrogen) atoms. The number of methoxy groups -OCH3 is 1. The summed E-state index contributed by atoms with van der Waals surface area (Å²) in [6.45, 7) is 0.947. The Hall–Kier alpha value is -2.34. The molecule has 2 aromatic rings. The van der Waals surface area contributed by atoms with Gasteiger partial charge in [0.2, 0.25) is 10.0 Å². The van der Waals surface area contributed by atoms with Crippen LogP contribution in [0, 0.1) is 23.6 Å². The zero-order chi connectivity index (χ0) is 24.9. The van der Waals surface area contributed by atoms with Gasteiger partial charge in [0, 0.05) is 46.9 Å². The molecule has 4 atom stereocenters. The van der Waals surface area contributed by atoms with Crippen LogP contribution >= 0.6 is 22.9 Å². The molecule has 1 aromatic carbocycles. The summed E-state index contributed by atoms with van der Waals surface area (Å²) in [5, 5.41) is 5.99. The summed E-state index contributed by atoms with van der Waals surface area (Å²) >= 11 is 7.82. The average molecular weight is 539 g/mol. The highest BCUT2D eigenvalue weighted by Crippen LogP contribution is 2.47. The number of nitrogens with zero attached hydrogens (tertiary/aromatic N) is 3. The number of ether oxygens (including phenoxy) is 1. The molecule has 0 amide bonds. The molecule has 0 radical (unpaired) electrons. The molecule has 1 aliphatic carbocycles. The maximum absolute atomic E-state index is 13.8. The average Bonchev–Trinajstić information content (AvgIpc) is 3.54. The standard InChI is InChI=1S/C23H24ClFN4O4S2/c1-33-23(30)18-19(12-7-13-10-29(35(2,31)32)11-14(13)8-12)27-21(22-26-5-6-34-22)28-20(18)16-4-3-15(25)9-17(16)24/h3-6,9,12-14,20H,7-8,10-11H2,1-2H3,(H,27,28)/t12?,13-,14+,20-/m0/s1. The predicted molar refractivity (Wildman–Crippen MR) is 131 cm³/mol. The maximum atomic E-state index is 13.8. The Morgan fingerprint density at radius 1 is 1.29 bits per heavy atom. The Bertz CT molecular complexity index is 1310. The zero-order valence-electron chi connectivity index (χ0n) is 19.1. The molecule has 2 aliphatic heterocycles. The summed E-state index contributed by atoms with van der Waals surface area (Å²) < 4.78 is 44.6. The van der Waals surface area contributed by atoms with Crippen LogP contribution in [0.4, 0.5) is 4.39 Å². The largest absolute Gasteiger partial charge is 0.466 e. The van der Waals surface area contributed by atoms with E-state index in [4.69, 9.17) is 21.3 Å². The Labute approximate surface area is 211 Å². The number of allylic oxidation sites excluding steroid dienone is 1. The van der Waals surface area contributed by atoms with Gasteiger partial charge in [-0.1, -0.05) is 17.7 Å². The first-order valence-electron chi connectivity index (χ1n) is 11.1. The Kier molecular flexibility index (Phi) is 6.45. The molecule has 12 heteroatoms. The van der Waals surface area contributed by atoms with Crippen LogP contribution in [0.5, 0.6) is 0 Å². The lowest BCUT2D eigenvalue weighted by molar-refractivity contribution is -0.136. The van der Waals surface area contributed by atoms with Crippen molar-refractivity contribution in [3.05, 3.63) is 62.5 Å². The molecule has 3 aliphatic rings. The van der Waals surface area contributed by atoms with Crippen molar-refractivity contribution in [1.82, 2.24) is 14.6 Å². The van der Waals surface area contributed by atoms with Gasteiger partial charge in [-0.05, 0) is 36.8 Å². The third kappa shape index (κ3) is 4.62. The molecule has 1 aromatic heterocycles. The number of hydrogen-bond acceptors (Lipinski definition) is 8. The van der Waals surface area contributed by atoms with Gasteiger partial charge in [0.15, 0.2) is 10.8 Å². The summed E-state index contributed by atoms with van der Waals surface area (Å²) in [6, 6.07) is 3.21. The second kappa shape index (κ2) is 9.27. The van der Waals surface area contributed by atoms with E-state index in [1.165, 1.54) is 47.2 Å². The maximum Gasteiger partial charge on any atom is 0.338 e. The molecule has 2 fully saturated rings. The highest BCUT2D eigenvalue weighted by Gasteiger charge is 2.47. The van der Waals surface area contributed by atoms with Gasteiger partial charge < -0.3 is 10.1 Å². The quantitative estimate of drug-likeness (QED) is 0.586. The van der Waals surface area contributed by atoms with Gasteiger partial charge in [-0.2, -0.15) is 0 Å². The van der Waals surface area contributed by atoms with Crippen molar-refractivity contribution in [2.45, 2.75) is 18.9 Å². The second-order valence-corrected chi connectivity index (χ2v) is 12.4. The summed E-state index contributed by atoms with van der Waals surface area (Å²) in [6.07, 6.45) is 4.34. The molecule has 186 valence electrons. The van der Waals surface area contributed by atoms with E-state index < -0.39 is 27.9 Å². The highest BCUT2D eigenvalue weighted by molar-refractivity contribution is 7.88. The fourth-order valence-electron chi connectivity index (χ4n) is 5.38. The van der Waals surface area contributed by atoms with E-state index in [2.05, 4.69) is 10.3 Å². The van der Waals surface area contributed by atoms with Crippen molar-refractivity contribution < 1.29 is 22.3 Å². The van der Waals surface area contributed by atoms with Gasteiger partial charge in [-0.15, -0.1) is 11.3 Å². The Balaban J connectivity index is 1.57. The van der Waals surface area contributed by atoms with Crippen LogP contribution in [-0.2, 0) is 19.6 Å². The molecule has 3 heterocycles. The number of aromatic nitrogens is 1. The number of aliphatic imine (C=N–C) groups is 1. The topological polar surface area (TPSA) is 101 Å². The highest BCUT2D eigenvalue weighted by atomic mass is 35.5. The van der Waals surface area contributed by atoms with E-state index in [0.717, 1.165) is 0 Å². The van der Waals surface area contributed by atoms with Gasteiger partial charge in [0.05, 0.1) is 18.9 Å². The number of benzene rings is 1. The molecule has 1 saturated carbocycles. The monoisotopic (exact) mass is 538 g/mol. The number of thiazole rings is 1.